The topological polar surface area (TPSA) is 58.6 Å². The number of halogens is 2. The van der Waals surface area contributed by atoms with Crippen LogP contribution in [0.25, 0.3) is 0 Å². The highest BCUT2D eigenvalue weighted by Crippen LogP contribution is 2.38. The number of rotatable bonds is 6. The third kappa shape index (κ3) is 5.27. The first-order valence-electron chi connectivity index (χ1n) is 8.98. The van der Waals surface area contributed by atoms with Crippen LogP contribution in [0.2, 0.25) is 4.34 Å². The number of carbonyl (C=O) groups excluding carboxylic acids is 2. The minimum atomic E-state index is -0.359. The zero-order chi connectivity index (χ0) is 19.6. The van der Waals surface area contributed by atoms with Gasteiger partial charge in [0.1, 0.15) is 5.00 Å². The largest absolute Gasteiger partial charge is 0.462 e. The van der Waals surface area contributed by atoms with Gasteiger partial charge >= 0.3 is 5.97 Å². The van der Waals surface area contributed by atoms with Crippen molar-refractivity contribution in [3.8, 4) is 0 Å². The van der Waals surface area contributed by atoms with Gasteiger partial charge in [-0.05, 0) is 44.9 Å². The van der Waals surface area contributed by atoms with E-state index >= 15 is 0 Å². The number of anilines is 1. The van der Waals surface area contributed by atoms with Gasteiger partial charge in [-0.15, -0.1) is 35.1 Å². The fraction of sp³-hybridized carbons (Fsp3) is 0.474. The molecule has 0 unspecified atom stereocenters. The number of hydrogen-bond acceptors (Lipinski definition) is 6. The van der Waals surface area contributed by atoms with E-state index in [1.807, 2.05) is 6.07 Å². The Balaban J connectivity index is 0.00000280. The average molecular weight is 463 g/mol. The van der Waals surface area contributed by atoms with Crippen LogP contribution in [0.4, 0.5) is 5.00 Å². The normalized spacial score (nSPS) is 13.8. The predicted molar refractivity (Wildman–Crippen MR) is 118 cm³/mol. The third-order valence-electron chi connectivity index (χ3n) is 4.51. The second-order valence-corrected chi connectivity index (χ2v) is 9.58. The zero-order valence-corrected chi connectivity index (χ0v) is 19.2. The van der Waals surface area contributed by atoms with Crippen molar-refractivity contribution in [1.82, 2.24) is 4.90 Å². The number of carbonyl (C=O) groups is 2. The molecule has 0 bridgehead atoms. The lowest BCUT2D eigenvalue weighted by Gasteiger charge is -2.30. The molecule has 3 rings (SSSR count). The molecule has 0 saturated carbocycles. The molecule has 0 radical (unpaired) electrons. The molecule has 1 amide bonds. The van der Waals surface area contributed by atoms with Gasteiger partial charge in [-0.3, -0.25) is 9.69 Å². The summed E-state index contributed by atoms with van der Waals surface area (Å²) in [4.78, 5) is 29.5. The minimum absolute atomic E-state index is 0. The van der Waals surface area contributed by atoms with Crippen LogP contribution in [0, 0.1) is 0 Å². The number of fused-ring (bicyclic) bond motifs is 1. The second-order valence-electron chi connectivity index (χ2n) is 6.67. The average Bonchev–Trinajstić information content (AvgIpc) is 3.16. The summed E-state index contributed by atoms with van der Waals surface area (Å²) in [5.74, 6) is -0.513. The van der Waals surface area contributed by atoms with Crippen LogP contribution in [0.5, 0.6) is 0 Å². The predicted octanol–water partition coefficient (Wildman–Crippen LogP) is 5.01. The molecule has 1 N–H and O–H groups in total. The summed E-state index contributed by atoms with van der Waals surface area (Å²) in [6, 6.07) is 4.06. The summed E-state index contributed by atoms with van der Waals surface area (Å²) in [6.45, 7) is 8.12. The highest BCUT2D eigenvalue weighted by molar-refractivity contribution is 7.17. The Labute approximate surface area is 184 Å². The Kier molecular flexibility index (Phi) is 8.33. The van der Waals surface area contributed by atoms with Crippen molar-refractivity contribution in [2.24, 2.45) is 0 Å². The first-order chi connectivity index (χ1) is 12.9. The van der Waals surface area contributed by atoms with Gasteiger partial charge in [-0.25, -0.2) is 4.79 Å². The quantitative estimate of drug-likeness (QED) is 0.612. The molecule has 1 aliphatic rings. The van der Waals surface area contributed by atoms with Crippen LogP contribution in [0.3, 0.4) is 0 Å². The first-order valence-corrected chi connectivity index (χ1v) is 11.0. The van der Waals surface area contributed by atoms with Crippen LogP contribution >= 0.6 is 46.7 Å². The van der Waals surface area contributed by atoms with E-state index in [2.05, 4.69) is 24.1 Å². The highest BCUT2D eigenvalue weighted by Gasteiger charge is 2.30. The summed E-state index contributed by atoms with van der Waals surface area (Å²) in [5, 5.41) is 3.53. The van der Waals surface area contributed by atoms with Gasteiger partial charge in [0.05, 0.1) is 22.9 Å². The highest BCUT2D eigenvalue weighted by atomic mass is 35.5. The van der Waals surface area contributed by atoms with Gasteiger partial charge in [0.15, 0.2) is 0 Å². The summed E-state index contributed by atoms with van der Waals surface area (Å²) < 4.78 is 5.92. The summed E-state index contributed by atoms with van der Waals surface area (Å²) in [7, 11) is 0. The number of nitrogens with one attached hydrogen (secondary N) is 1. The van der Waals surface area contributed by atoms with Crippen LogP contribution < -0.4 is 5.32 Å². The number of ether oxygens (including phenoxy) is 1. The first kappa shape index (κ1) is 23.2. The fourth-order valence-electron chi connectivity index (χ4n) is 3.15. The molecular weight excluding hydrogens is 439 g/mol. The maximum atomic E-state index is 12.6. The zero-order valence-electron chi connectivity index (χ0n) is 16.0. The van der Waals surface area contributed by atoms with Gasteiger partial charge in [0, 0.05) is 28.9 Å². The van der Waals surface area contributed by atoms with Crippen molar-refractivity contribution in [3.05, 3.63) is 37.4 Å². The van der Waals surface area contributed by atoms with Crippen LogP contribution in [-0.4, -0.2) is 36.0 Å². The van der Waals surface area contributed by atoms with E-state index in [9.17, 15) is 9.59 Å². The minimum Gasteiger partial charge on any atom is -0.462 e. The monoisotopic (exact) mass is 462 g/mol. The third-order valence-corrected chi connectivity index (χ3v) is 6.88. The Hall–Kier alpha value is -1.12. The second kappa shape index (κ2) is 10.1. The standard InChI is InChI=1S/C19H23ClN2O3S2.ClH/c1-4-25-19(24)17-13-7-8-22(11(2)3)10-14(13)27-18(17)21-16(23)9-12-5-6-15(20)26-12;/h5-6,11H,4,7-10H2,1-3H3,(H,21,23);1H. The number of nitrogens with zero attached hydrogens (tertiary/aromatic N) is 1. The molecule has 0 aromatic carbocycles. The molecule has 1 aliphatic heterocycles. The van der Waals surface area contributed by atoms with E-state index in [1.165, 1.54) is 22.7 Å². The number of amides is 1. The van der Waals surface area contributed by atoms with Crippen molar-refractivity contribution < 1.29 is 14.3 Å². The van der Waals surface area contributed by atoms with E-state index in [0.717, 1.165) is 34.8 Å². The van der Waals surface area contributed by atoms with Gasteiger partial charge in [0.25, 0.3) is 0 Å². The SMILES string of the molecule is CCOC(=O)c1c(NC(=O)Cc2ccc(Cl)s2)sc2c1CCN(C(C)C)C2.Cl. The van der Waals surface area contributed by atoms with Gasteiger partial charge in [-0.2, -0.15) is 0 Å². The van der Waals surface area contributed by atoms with Crippen molar-refractivity contribution in [2.45, 2.75) is 46.2 Å². The maximum Gasteiger partial charge on any atom is 0.341 e. The fourth-order valence-corrected chi connectivity index (χ4v) is 5.51. The van der Waals surface area contributed by atoms with Crippen molar-refractivity contribution in [3.63, 3.8) is 0 Å². The summed E-state index contributed by atoms with van der Waals surface area (Å²) in [5.41, 5.74) is 1.54. The lowest BCUT2D eigenvalue weighted by atomic mass is 10.0. The Bertz CT molecular complexity index is 848. The molecule has 2 aromatic rings. The Morgan fingerprint density at radius 3 is 2.68 bits per heavy atom. The molecule has 5 nitrogen and oxygen atoms in total. The smallest absolute Gasteiger partial charge is 0.341 e. The molecule has 9 heteroatoms. The Morgan fingerprint density at radius 2 is 2.07 bits per heavy atom. The molecule has 0 fully saturated rings. The van der Waals surface area contributed by atoms with E-state index in [1.54, 1.807) is 13.0 Å². The molecule has 0 saturated heterocycles. The molecule has 0 aliphatic carbocycles. The molecule has 28 heavy (non-hydrogen) atoms. The van der Waals surface area contributed by atoms with Crippen LogP contribution in [0.1, 0.15) is 46.4 Å². The van der Waals surface area contributed by atoms with E-state index in [4.69, 9.17) is 16.3 Å². The molecule has 154 valence electrons. The lowest BCUT2D eigenvalue weighted by Crippen LogP contribution is -2.35. The van der Waals surface area contributed by atoms with Crippen molar-refractivity contribution in [2.75, 3.05) is 18.5 Å². The molecule has 2 aromatic heterocycles. The summed E-state index contributed by atoms with van der Waals surface area (Å²) >= 11 is 8.81. The molecule has 0 spiro atoms. The van der Waals surface area contributed by atoms with E-state index in [-0.39, 0.29) is 30.7 Å². The van der Waals surface area contributed by atoms with Crippen molar-refractivity contribution in [1.29, 1.82) is 0 Å². The number of esters is 1. The lowest BCUT2D eigenvalue weighted by molar-refractivity contribution is -0.115. The molecule has 0 atom stereocenters. The molecule has 3 heterocycles. The molecular formula is C19H24Cl2N2O3S2. The van der Waals surface area contributed by atoms with E-state index < -0.39 is 0 Å². The maximum absolute atomic E-state index is 12.6. The van der Waals surface area contributed by atoms with Crippen molar-refractivity contribution >= 4 is 63.6 Å². The van der Waals surface area contributed by atoms with Gasteiger partial charge < -0.3 is 10.1 Å². The number of thiophene rings is 2. The van der Waals surface area contributed by atoms with E-state index in [0.29, 0.717) is 27.5 Å². The summed E-state index contributed by atoms with van der Waals surface area (Å²) in [6.07, 6.45) is 1.02. The van der Waals surface area contributed by atoms with Crippen LogP contribution in [-0.2, 0) is 28.9 Å². The number of hydrogen-bond donors (Lipinski definition) is 1. The van der Waals surface area contributed by atoms with Crippen LogP contribution in [0.15, 0.2) is 12.1 Å². The Morgan fingerprint density at radius 1 is 1.32 bits per heavy atom. The van der Waals surface area contributed by atoms with Gasteiger partial charge in [-0.1, -0.05) is 11.6 Å². The van der Waals surface area contributed by atoms with Gasteiger partial charge in [0.2, 0.25) is 5.91 Å².